The highest BCUT2D eigenvalue weighted by Gasteiger charge is 2.09. The number of nitrogens with zero attached hydrogens (tertiary/aromatic N) is 1. The third-order valence-electron chi connectivity index (χ3n) is 3.58. The number of aryl methyl sites for hydroxylation is 2. The third-order valence-corrected chi connectivity index (χ3v) is 4.64. The Labute approximate surface area is 122 Å². The number of hydrogen-bond donors (Lipinski definition) is 1. The maximum atomic E-state index is 6.31. The molecule has 0 aliphatic carbocycles. The first kappa shape index (κ1) is 16.5. The molecule has 19 heavy (non-hydrogen) atoms. The standard InChI is InChI=1S/C16H28N2S/c1-5-18(6-2)9-10-19-12-16(17)15-11-13(3)7-8-14(15)4/h7-8,11,16H,5-6,9-10,12,17H2,1-4H3. The summed E-state index contributed by atoms with van der Waals surface area (Å²) >= 11 is 1.96. The van der Waals surface area contributed by atoms with Crippen LogP contribution in [0.1, 0.15) is 36.6 Å². The summed E-state index contributed by atoms with van der Waals surface area (Å²) < 4.78 is 0. The second-order valence-electron chi connectivity index (χ2n) is 5.07. The van der Waals surface area contributed by atoms with Gasteiger partial charge in [0, 0.05) is 24.1 Å². The summed E-state index contributed by atoms with van der Waals surface area (Å²) in [5, 5.41) is 0. The highest BCUT2D eigenvalue weighted by atomic mass is 32.2. The van der Waals surface area contributed by atoms with E-state index < -0.39 is 0 Å². The van der Waals surface area contributed by atoms with Gasteiger partial charge in [0.25, 0.3) is 0 Å². The molecule has 0 spiro atoms. The summed E-state index contributed by atoms with van der Waals surface area (Å²) in [6, 6.07) is 6.70. The Morgan fingerprint density at radius 1 is 1.21 bits per heavy atom. The molecular formula is C16H28N2S. The van der Waals surface area contributed by atoms with Crippen molar-refractivity contribution in [3.63, 3.8) is 0 Å². The van der Waals surface area contributed by atoms with Crippen molar-refractivity contribution in [2.24, 2.45) is 5.73 Å². The average Bonchev–Trinajstić information content (AvgIpc) is 2.41. The largest absolute Gasteiger partial charge is 0.323 e. The summed E-state index contributed by atoms with van der Waals surface area (Å²) in [6.45, 7) is 12.2. The van der Waals surface area contributed by atoms with E-state index in [9.17, 15) is 0 Å². The monoisotopic (exact) mass is 280 g/mol. The molecule has 0 saturated carbocycles. The van der Waals surface area contributed by atoms with Gasteiger partial charge in [0.2, 0.25) is 0 Å². The Bertz CT molecular complexity index is 375. The first-order valence-electron chi connectivity index (χ1n) is 7.21. The van der Waals surface area contributed by atoms with Crippen LogP contribution in [0.15, 0.2) is 18.2 Å². The molecule has 2 N–H and O–H groups in total. The Balaban J connectivity index is 2.39. The molecule has 1 aromatic carbocycles. The molecule has 0 radical (unpaired) electrons. The Morgan fingerprint density at radius 3 is 2.53 bits per heavy atom. The Kier molecular flexibility index (Phi) is 7.51. The lowest BCUT2D eigenvalue weighted by atomic mass is 10.0. The average molecular weight is 280 g/mol. The minimum absolute atomic E-state index is 0.154. The maximum Gasteiger partial charge on any atom is 0.0389 e. The van der Waals surface area contributed by atoms with Gasteiger partial charge in [-0.25, -0.2) is 0 Å². The number of rotatable bonds is 8. The van der Waals surface area contributed by atoms with Crippen LogP contribution in [0.25, 0.3) is 0 Å². The number of nitrogens with two attached hydrogens (primary N) is 1. The van der Waals surface area contributed by atoms with E-state index in [0.29, 0.717) is 0 Å². The summed E-state index contributed by atoms with van der Waals surface area (Å²) in [4.78, 5) is 2.45. The van der Waals surface area contributed by atoms with Gasteiger partial charge in [-0.05, 0) is 38.1 Å². The molecule has 3 heteroatoms. The summed E-state index contributed by atoms with van der Waals surface area (Å²) in [6.07, 6.45) is 0. The number of thioether (sulfide) groups is 1. The minimum Gasteiger partial charge on any atom is -0.323 e. The van der Waals surface area contributed by atoms with Crippen LogP contribution in [0, 0.1) is 13.8 Å². The van der Waals surface area contributed by atoms with Crippen LogP contribution in [0.4, 0.5) is 0 Å². The summed E-state index contributed by atoms with van der Waals surface area (Å²) in [5.41, 5.74) is 10.2. The summed E-state index contributed by atoms with van der Waals surface area (Å²) in [7, 11) is 0. The van der Waals surface area contributed by atoms with E-state index in [4.69, 9.17) is 5.73 Å². The predicted molar refractivity (Wildman–Crippen MR) is 88.0 cm³/mol. The molecule has 0 saturated heterocycles. The van der Waals surface area contributed by atoms with Gasteiger partial charge in [-0.15, -0.1) is 0 Å². The molecule has 0 bridgehead atoms. The highest BCUT2D eigenvalue weighted by Crippen LogP contribution is 2.21. The fraction of sp³-hybridized carbons (Fsp3) is 0.625. The van der Waals surface area contributed by atoms with Gasteiger partial charge in [-0.3, -0.25) is 0 Å². The first-order valence-corrected chi connectivity index (χ1v) is 8.36. The van der Waals surface area contributed by atoms with Gasteiger partial charge in [0.1, 0.15) is 0 Å². The van der Waals surface area contributed by atoms with Crippen molar-refractivity contribution in [2.45, 2.75) is 33.7 Å². The Hall–Kier alpha value is -0.510. The maximum absolute atomic E-state index is 6.31. The van der Waals surface area contributed by atoms with E-state index in [1.807, 2.05) is 11.8 Å². The van der Waals surface area contributed by atoms with Crippen molar-refractivity contribution in [2.75, 3.05) is 31.1 Å². The minimum atomic E-state index is 0.154. The van der Waals surface area contributed by atoms with Crippen LogP contribution < -0.4 is 5.73 Å². The highest BCUT2D eigenvalue weighted by molar-refractivity contribution is 7.99. The second kappa shape index (κ2) is 8.62. The predicted octanol–water partition coefficient (Wildman–Crippen LogP) is 3.38. The third kappa shape index (κ3) is 5.55. The molecule has 0 amide bonds. The molecule has 0 aliphatic heterocycles. The lowest BCUT2D eigenvalue weighted by Crippen LogP contribution is -2.26. The summed E-state index contributed by atoms with van der Waals surface area (Å²) in [5.74, 6) is 2.17. The molecule has 0 fully saturated rings. The van der Waals surface area contributed by atoms with Crippen molar-refractivity contribution >= 4 is 11.8 Å². The van der Waals surface area contributed by atoms with Gasteiger partial charge in [0.15, 0.2) is 0 Å². The van der Waals surface area contributed by atoms with Gasteiger partial charge >= 0.3 is 0 Å². The molecule has 1 atom stereocenters. The van der Waals surface area contributed by atoms with Crippen molar-refractivity contribution < 1.29 is 0 Å². The molecule has 108 valence electrons. The molecule has 1 unspecified atom stereocenters. The Morgan fingerprint density at radius 2 is 1.89 bits per heavy atom. The van der Waals surface area contributed by atoms with Crippen LogP contribution in [0.2, 0.25) is 0 Å². The topological polar surface area (TPSA) is 29.3 Å². The molecular weight excluding hydrogens is 252 g/mol. The van der Waals surface area contributed by atoms with Gasteiger partial charge in [0.05, 0.1) is 0 Å². The van der Waals surface area contributed by atoms with Crippen LogP contribution in [0.3, 0.4) is 0 Å². The molecule has 0 aliphatic rings. The van der Waals surface area contributed by atoms with Gasteiger partial charge in [-0.2, -0.15) is 11.8 Å². The van der Waals surface area contributed by atoms with Crippen molar-refractivity contribution in [3.8, 4) is 0 Å². The normalized spacial score (nSPS) is 12.9. The zero-order chi connectivity index (χ0) is 14.3. The van der Waals surface area contributed by atoms with E-state index in [2.05, 4.69) is 50.8 Å². The quantitative estimate of drug-likeness (QED) is 0.740. The van der Waals surface area contributed by atoms with Gasteiger partial charge in [-0.1, -0.05) is 37.6 Å². The van der Waals surface area contributed by atoms with E-state index >= 15 is 0 Å². The lowest BCUT2D eigenvalue weighted by molar-refractivity contribution is 0.324. The van der Waals surface area contributed by atoms with Crippen molar-refractivity contribution in [1.29, 1.82) is 0 Å². The second-order valence-corrected chi connectivity index (χ2v) is 6.22. The molecule has 1 rings (SSSR count). The van der Waals surface area contributed by atoms with E-state index in [1.165, 1.54) is 22.4 Å². The fourth-order valence-corrected chi connectivity index (χ4v) is 3.18. The fourth-order valence-electron chi connectivity index (χ4n) is 2.19. The van der Waals surface area contributed by atoms with Crippen LogP contribution in [-0.4, -0.2) is 36.0 Å². The number of hydrogen-bond acceptors (Lipinski definition) is 3. The van der Waals surface area contributed by atoms with Crippen molar-refractivity contribution in [1.82, 2.24) is 4.90 Å². The number of benzene rings is 1. The molecule has 1 aromatic rings. The molecule has 0 heterocycles. The lowest BCUT2D eigenvalue weighted by Gasteiger charge is -2.19. The first-order chi connectivity index (χ1) is 9.08. The van der Waals surface area contributed by atoms with E-state index in [0.717, 1.165) is 25.4 Å². The smallest absolute Gasteiger partial charge is 0.0389 e. The molecule has 2 nitrogen and oxygen atoms in total. The zero-order valence-electron chi connectivity index (χ0n) is 12.8. The van der Waals surface area contributed by atoms with Crippen LogP contribution in [0.5, 0.6) is 0 Å². The van der Waals surface area contributed by atoms with Crippen molar-refractivity contribution in [3.05, 3.63) is 34.9 Å². The van der Waals surface area contributed by atoms with Crippen LogP contribution in [-0.2, 0) is 0 Å². The zero-order valence-corrected chi connectivity index (χ0v) is 13.6. The van der Waals surface area contributed by atoms with Gasteiger partial charge < -0.3 is 10.6 Å². The van der Waals surface area contributed by atoms with E-state index in [1.54, 1.807) is 0 Å². The van der Waals surface area contributed by atoms with Crippen LogP contribution >= 0.6 is 11.8 Å². The van der Waals surface area contributed by atoms with E-state index in [-0.39, 0.29) is 6.04 Å². The molecule has 0 aromatic heterocycles. The SMILES string of the molecule is CCN(CC)CCSCC(N)c1cc(C)ccc1C.